The van der Waals surface area contributed by atoms with Gasteiger partial charge in [-0.05, 0) is 52.4 Å². The largest absolute Gasteiger partial charge is 0.493 e. The van der Waals surface area contributed by atoms with Gasteiger partial charge < -0.3 is 9.47 Å². The van der Waals surface area contributed by atoms with Crippen LogP contribution in [0, 0.1) is 14.9 Å². The summed E-state index contributed by atoms with van der Waals surface area (Å²) >= 11 is 2.14. The fraction of sp³-hybridized carbons (Fsp3) is 0.125. The van der Waals surface area contributed by atoms with Gasteiger partial charge in [0.25, 0.3) is 0 Å². The Morgan fingerprint density at radius 1 is 1.32 bits per heavy atom. The topological polar surface area (TPSA) is 66.6 Å². The molecule has 0 amide bonds. The van der Waals surface area contributed by atoms with Crippen LogP contribution < -0.4 is 14.9 Å². The highest BCUT2D eigenvalue weighted by atomic mass is 127. The molecule has 22 heavy (non-hydrogen) atoms. The molecule has 0 heterocycles. The van der Waals surface area contributed by atoms with Gasteiger partial charge in [-0.25, -0.2) is 0 Å². The normalized spacial score (nSPS) is 10.2. The van der Waals surface area contributed by atoms with E-state index in [1.165, 1.54) is 0 Å². The predicted octanol–water partition coefficient (Wildman–Crippen LogP) is 3.65. The summed E-state index contributed by atoms with van der Waals surface area (Å²) in [5.74, 6) is 1.14. The Hall–Kier alpha value is -2.27. The number of halogens is 1. The summed E-state index contributed by atoms with van der Waals surface area (Å²) in [5, 5.41) is 12.8. The van der Waals surface area contributed by atoms with E-state index in [-0.39, 0.29) is 6.61 Å². The fourth-order valence-electron chi connectivity index (χ4n) is 1.75. The van der Waals surface area contributed by atoms with Crippen LogP contribution in [0.1, 0.15) is 5.56 Å². The number of benzene rings is 2. The SMILES string of the molecule is COc1cc(C=NNc2ccccc2)cc(I)c1OCC#N. The Balaban J connectivity index is 2.15. The predicted molar refractivity (Wildman–Crippen MR) is 94.5 cm³/mol. The third-order valence-corrected chi connectivity index (χ3v) is 3.52. The van der Waals surface area contributed by atoms with Crippen LogP contribution in [0.3, 0.4) is 0 Å². The number of rotatable bonds is 6. The van der Waals surface area contributed by atoms with Crippen molar-refractivity contribution in [1.82, 2.24) is 0 Å². The molecule has 0 saturated carbocycles. The van der Waals surface area contributed by atoms with E-state index in [2.05, 4.69) is 33.1 Å². The molecule has 2 rings (SSSR count). The molecule has 2 aromatic carbocycles. The molecule has 0 aromatic heterocycles. The minimum absolute atomic E-state index is 0.0185. The van der Waals surface area contributed by atoms with Crippen molar-refractivity contribution in [2.45, 2.75) is 0 Å². The second-order valence-corrected chi connectivity index (χ2v) is 5.38. The van der Waals surface area contributed by atoms with Crippen molar-refractivity contribution in [3.8, 4) is 17.6 Å². The van der Waals surface area contributed by atoms with Gasteiger partial charge in [0.05, 0.1) is 22.6 Å². The van der Waals surface area contributed by atoms with Gasteiger partial charge >= 0.3 is 0 Å². The van der Waals surface area contributed by atoms with Gasteiger partial charge in [0.15, 0.2) is 18.1 Å². The lowest BCUT2D eigenvalue weighted by molar-refractivity contribution is 0.327. The summed E-state index contributed by atoms with van der Waals surface area (Å²) in [6.45, 7) is -0.0185. The number of methoxy groups -OCH3 is 1. The highest BCUT2D eigenvalue weighted by Crippen LogP contribution is 2.33. The zero-order valence-electron chi connectivity index (χ0n) is 11.9. The van der Waals surface area contributed by atoms with E-state index in [1.807, 2.05) is 48.5 Å². The van der Waals surface area contributed by atoms with Gasteiger partial charge in [0.2, 0.25) is 0 Å². The number of ether oxygens (including phenoxy) is 2. The maximum atomic E-state index is 8.61. The summed E-state index contributed by atoms with van der Waals surface area (Å²) in [7, 11) is 1.56. The summed E-state index contributed by atoms with van der Waals surface area (Å²) in [6, 6.07) is 15.3. The van der Waals surface area contributed by atoms with Crippen molar-refractivity contribution in [3.05, 3.63) is 51.6 Å². The van der Waals surface area contributed by atoms with Crippen molar-refractivity contribution < 1.29 is 9.47 Å². The number of hydrazone groups is 1. The molecule has 2 aromatic rings. The van der Waals surface area contributed by atoms with Crippen LogP contribution in [0.25, 0.3) is 0 Å². The third kappa shape index (κ3) is 4.36. The Bertz CT molecular complexity index is 697. The number of para-hydroxylation sites is 1. The molecule has 0 radical (unpaired) electrons. The Labute approximate surface area is 142 Å². The number of anilines is 1. The van der Waals surface area contributed by atoms with E-state index in [9.17, 15) is 0 Å². The zero-order valence-corrected chi connectivity index (χ0v) is 14.1. The maximum Gasteiger partial charge on any atom is 0.176 e. The average molecular weight is 407 g/mol. The first-order chi connectivity index (χ1) is 10.7. The van der Waals surface area contributed by atoms with E-state index in [4.69, 9.17) is 14.7 Å². The third-order valence-electron chi connectivity index (χ3n) is 2.71. The van der Waals surface area contributed by atoms with Crippen molar-refractivity contribution in [2.24, 2.45) is 5.10 Å². The molecule has 0 aliphatic rings. The van der Waals surface area contributed by atoms with Gasteiger partial charge in [-0.2, -0.15) is 10.4 Å². The lowest BCUT2D eigenvalue weighted by Gasteiger charge is -2.11. The second kappa shape index (κ2) is 8.24. The lowest BCUT2D eigenvalue weighted by Crippen LogP contribution is -2.00. The zero-order chi connectivity index (χ0) is 15.8. The number of nitrogens with zero attached hydrogens (tertiary/aromatic N) is 2. The first kappa shape index (κ1) is 16.1. The van der Waals surface area contributed by atoms with Crippen LogP contribution in [0.5, 0.6) is 11.5 Å². The lowest BCUT2D eigenvalue weighted by atomic mass is 10.2. The standard InChI is InChI=1S/C16H14IN3O2/c1-21-15-10-12(9-14(17)16(15)22-8-7-18)11-19-20-13-5-3-2-4-6-13/h2-6,9-11,20H,8H2,1H3. The minimum Gasteiger partial charge on any atom is -0.493 e. The minimum atomic E-state index is -0.0185. The van der Waals surface area contributed by atoms with Gasteiger partial charge in [0.1, 0.15) is 6.07 Å². The van der Waals surface area contributed by atoms with Gasteiger partial charge in [-0.1, -0.05) is 18.2 Å². The molecule has 0 atom stereocenters. The average Bonchev–Trinajstić information content (AvgIpc) is 2.54. The Morgan fingerprint density at radius 2 is 2.09 bits per heavy atom. The molecule has 0 aliphatic heterocycles. The quantitative estimate of drug-likeness (QED) is 0.451. The molecule has 1 N–H and O–H groups in total. The second-order valence-electron chi connectivity index (χ2n) is 4.22. The van der Waals surface area contributed by atoms with Crippen LogP contribution in [-0.2, 0) is 0 Å². The highest BCUT2D eigenvalue weighted by molar-refractivity contribution is 14.1. The van der Waals surface area contributed by atoms with Crippen molar-refractivity contribution in [3.63, 3.8) is 0 Å². The van der Waals surface area contributed by atoms with Gasteiger partial charge in [-0.15, -0.1) is 0 Å². The summed E-state index contributed by atoms with van der Waals surface area (Å²) < 4.78 is 11.5. The molecule has 0 unspecified atom stereocenters. The van der Waals surface area contributed by atoms with E-state index in [1.54, 1.807) is 13.3 Å². The number of hydrogen-bond donors (Lipinski definition) is 1. The Kier molecular flexibility index (Phi) is 6.03. The molecule has 0 fully saturated rings. The highest BCUT2D eigenvalue weighted by Gasteiger charge is 2.10. The molecule has 0 saturated heterocycles. The number of hydrogen-bond acceptors (Lipinski definition) is 5. The van der Waals surface area contributed by atoms with E-state index < -0.39 is 0 Å². The van der Waals surface area contributed by atoms with Crippen LogP contribution in [0.4, 0.5) is 5.69 Å². The van der Waals surface area contributed by atoms with Crippen molar-refractivity contribution >= 4 is 34.5 Å². The number of nitriles is 1. The molecular weight excluding hydrogens is 393 g/mol. The molecule has 5 nitrogen and oxygen atoms in total. The first-order valence-corrected chi connectivity index (χ1v) is 7.54. The molecule has 112 valence electrons. The fourth-order valence-corrected chi connectivity index (χ4v) is 2.53. The van der Waals surface area contributed by atoms with E-state index in [0.717, 1.165) is 14.8 Å². The molecular formula is C16H14IN3O2. The van der Waals surface area contributed by atoms with Crippen molar-refractivity contribution in [1.29, 1.82) is 5.26 Å². The molecule has 6 heteroatoms. The summed E-state index contributed by atoms with van der Waals surface area (Å²) in [4.78, 5) is 0. The molecule has 0 spiro atoms. The summed E-state index contributed by atoms with van der Waals surface area (Å²) in [5.41, 5.74) is 4.73. The van der Waals surface area contributed by atoms with E-state index >= 15 is 0 Å². The van der Waals surface area contributed by atoms with Crippen LogP contribution in [0.2, 0.25) is 0 Å². The van der Waals surface area contributed by atoms with Gasteiger partial charge in [0, 0.05) is 0 Å². The van der Waals surface area contributed by atoms with E-state index in [0.29, 0.717) is 11.5 Å². The van der Waals surface area contributed by atoms with Gasteiger partial charge in [-0.3, -0.25) is 5.43 Å². The maximum absolute atomic E-state index is 8.61. The summed E-state index contributed by atoms with van der Waals surface area (Å²) in [6.07, 6.45) is 1.70. The Morgan fingerprint density at radius 3 is 2.77 bits per heavy atom. The number of nitrogens with one attached hydrogen (secondary N) is 1. The van der Waals surface area contributed by atoms with Crippen LogP contribution in [0.15, 0.2) is 47.6 Å². The molecule has 0 aliphatic carbocycles. The molecule has 0 bridgehead atoms. The monoisotopic (exact) mass is 407 g/mol. The van der Waals surface area contributed by atoms with Crippen molar-refractivity contribution in [2.75, 3.05) is 19.1 Å². The smallest absolute Gasteiger partial charge is 0.176 e. The van der Waals surface area contributed by atoms with Crippen LogP contribution in [-0.4, -0.2) is 19.9 Å². The first-order valence-electron chi connectivity index (χ1n) is 6.46. The van der Waals surface area contributed by atoms with Crippen LogP contribution >= 0.6 is 22.6 Å².